The van der Waals surface area contributed by atoms with Gasteiger partial charge in [-0.1, -0.05) is 42.5 Å². The zero-order chi connectivity index (χ0) is 24.3. The van der Waals surface area contributed by atoms with Crippen molar-refractivity contribution < 1.29 is 22.7 Å². The molecule has 4 rings (SSSR count). The summed E-state index contributed by atoms with van der Waals surface area (Å²) in [5, 5.41) is 2.80. The van der Waals surface area contributed by atoms with E-state index >= 15 is 0 Å². The highest BCUT2D eigenvalue weighted by atomic mass is 32.2. The number of carbonyl (C=O) groups excluding carboxylic acids is 1. The second-order valence-electron chi connectivity index (χ2n) is 8.26. The Hall–Kier alpha value is -3.36. The Bertz CT molecular complexity index is 1290. The van der Waals surface area contributed by atoms with Crippen LogP contribution in [0.25, 0.3) is 0 Å². The number of nitrogens with zero attached hydrogens (tertiary/aromatic N) is 1. The van der Waals surface area contributed by atoms with Crippen molar-refractivity contribution in [2.45, 2.75) is 17.4 Å². The van der Waals surface area contributed by atoms with Gasteiger partial charge in [-0.05, 0) is 47.4 Å². The number of anilines is 1. The Kier molecular flexibility index (Phi) is 6.90. The molecule has 0 fully saturated rings. The quantitative estimate of drug-likeness (QED) is 0.555. The van der Waals surface area contributed by atoms with Crippen molar-refractivity contribution in [1.82, 2.24) is 4.90 Å². The minimum atomic E-state index is -3.47. The monoisotopic (exact) mass is 480 g/mol. The van der Waals surface area contributed by atoms with Gasteiger partial charge in [0.2, 0.25) is 5.91 Å². The molecule has 0 aromatic heterocycles. The van der Waals surface area contributed by atoms with Crippen molar-refractivity contribution in [3.05, 3.63) is 83.4 Å². The van der Waals surface area contributed by atoms with Gasteiger partial charge in [0.05, 0.1) is 37.4 Å². The molecule has 0 spiro atoms. The number of carbonyl (C=O) groups is 1. The predicted octanol–water partition coefficient (Wildman–Crippen LogP) is 3.69. The zero-order valence-electron chi connectivity index (χ0n) is 19.4. The number of ether oxygens (including phenoxy) is 2. The average Bonchev–Trinajstić information content (AvgIpc) is 2.83. The molecule has 0 saturated carbocycles. The largest absolute Gasteiger partial charge is 0.493 e. The molecule has 1 aliphatic heterocycles. The highest BCUT2D eigenvalue weighted by molar-refractivity contribution is 7.90. The van der Waals surface area contributed by atoms with Crippen LogP contribution in [0, 0.1) is 0 Å². The maximum Gasteiger partial charge on any atom is 0.238 e. The third-order valence-electron chi connectivity index (χ3n) is 6.00. The van der Waals surface area contributed by atoms with E-state index in [9.17, 15) is 13.2 Å². The number of fused-ring (bicyclic) bond motifs is 1. The molecule has 1 N–H and O–H groups in total. The van der Waals surface area contributed by atoms with E-state index < -0.39 is 9.84 Å². The van der Waals surface area contributed by atoms with Gasteiger partial charge >= 0.3 is 0 Å². The van der Waals surface area contributed by atoms with E-state index in [2.05, 4.69) is 10.2 Å². The Labute approximate surface area is 200 Å². The number of sulfone groups is 1. The molecule has 7 nitrogen and oxygen atoms in total. The summed E-state index contributed by atoms with van der Waals surface area (Å²) in [5.74, 6) is 1.04. The molecule has 0 saturated heterocycles. The van der Waals surface area contributed by atoms with Crippen LogP contribution in [0.3, 0.4) is 0 Å². The molecule has 8 heteroatoms. The molecule has 34 heavy (non-hydrogen) atoms. The van der Waals surface area contributed by atoms with Crippen LogP contribution in [0.4, 0.5) is 5.69 Å². The lowest BCUT2D eigenvalue weighted by atomic mass is 9.87. The summed E-state index contributed by atoms with van der Waals surface area (Å²) in [4.78, 5) is 15.3. The molecule has 0 aliphatic carbocycles. The smallest absolute Gasteiger partial charge is 0.238 e. The highest BCUT2D eigenvalue weighted by Gasteiger charge is 2.31. The lowest BCUT2D eigenvalue weighted by Gasteiger charge is -2.37. The zero-order valence-corrected chi connectivity index (χ0v) is 20.3. The first-order valence-electron chi connectivity index (χ1n) is 10.9. The van der Waals surface area contributed by atoms with E-state index in [4.69, 9.17) is 9.47 Å². The Morgan fingerprint density at radius 1 is 1.00 bits per heavy atom. The third-order valence-corrected chi connectivity index (χ3v) is 7.15. The van der Waals surface area contributed by atoms with Crippen LogP contribution < -0.4 is 14.8 Å². The van der Waals surface area contributed by atoms with Gasteiger partial charge in [-0.15, -0.1) is 0 Å². The summed E-state index contributed by atoms with van der Waals surface area (Å²) >= 11 is 0. The Morgan fingerprint density at radius 2 is 1.65 bits per heavy atom. The van der Waals surface area contributed by atoms with E-state index in [1.165, 1.54) is 6.07 Å². The molecule has 1 heterocycles. The molecule has 178 valence electrons. The summed E-state index contributed by atoms with van der Waals surface area (Å²) in [6, 6.07) is 20.3. The van der Waals surface area contributed by atoms with Gasteiger partial charge in [0, 0.05) is 12.8 Å². The van der Waals surface area contributed by atoms with Crippen molar-refractivity contribution in [2.75, 3.05) is 38.9 Å². The van der Waals surface area contributed by atoms with E-state index in [-0.39, 0.29) is 29.1 Å². The number of para-hydroxylation sites is 1. The molecule has 0 radical (unpaired) electrons. The fourth-order valence-corrected chi connectivity index (χ4v) is 5.31. The number of benzene rings is 3. The van der Waals surface area contributed by atoms with Gasteiger partial charge in [0.25, 0.3) is 0 Å². The van der Waals surface area contributed by atoms with Crippen LogP contribution in [-0.4, -0.2) is 52.8 Å². The SMILES string of the molecule is COc1cc2c(cc1OC)[C@@H](c1ccccc1)N(CC(=O)Nc1ccccc1S(C)(=O)=O)CC2. The van der Waals surface area contributed by atoms with Gasteiger partial charge in [0.1, 0.15) is 0 Å². The van der Waals surface area contributed by atoms with Crippen molar-refractivity contribution in [2.24, 2.45) is 0 Å². The second-order valence-corrected chi connectivity index (χ2v) is 10.2. The molecule has 1 atom stereocenters. The molecule has 1 aliphatic rings. The van der Waals surface area contributed by atoms with E-state index in [1.54, 1.807) is 32.4 Å². The van der Waals surface area contributed by atoms with Crippen molar-refractivity contribution in [3.8, 4) is 11.5 Å². The molecule has 1 amide bonds. The molecule has 0 bridgehead atoms. The first-order chi connectivity index (χ1) is 16.3. The van der Waals surface area contributed by atoms with E-state index in [0.717, 1.165) is 29.4 Å². The Balaban J connectivity index is 1.67. The average molecular weight is 481 g/mol. The number of hydrogen-bond donors (Lipinski definition) is 1. The highest BCUT2D eigenvalue weighted by Crippen LogP contribution is 2.40. The van der Waals surface area contributed by atoms with Crippen LogP contribution >= 0.6 is 0 Å². The van der Waals surface area contributed by atoms with Crippen LogP contribution in [0.2, 0.25) is 0 Å². The number of nitrogens with one attached hydrogen (secondary N) is 1. The van der Waals surface area contributed by atoms with Crippen LogP contribution in [0.5, 0.6) is 11.5 Å². The summed E-state index contributed by atoms with van der Waals surface area (Å²) in [7, 11) is -0.250. The lowest BCUT2D eigenvalue weighted by Crippen LogP contribution is -2.41. The van der Waals surface area contributed by atoms with Crippen LogP contribution in [0.15, 0.2) is 71.6 Å². The molecular formula is C26H28N2O5S. The van der Waals surface area contributed by atoms with Gasteiger partial charge in [-0.2, -0.15) is 0 Å². The summed E-state index contributed by atoms with van der Waals surface area (Å²) in [6.07, 6.45) is 1.87. The van der Waals surface area contributed by atoms with E-state index in [0.29, 0.717) is 18.0 Å². The molecular weight excluding hydrogens is 452 g/mol. The standard InChI is InChI=1S/C26H28N2O5S/c1-32-22-15-19-13-14-28(17-25(29)27-21-11-7-8-12-24(21)34(3,30)31)26(18-9-5-4-6-10-18)20(19)16-23(22)33-2/h4-12,15-16,26H,13-14,17H2,1-3H3,(H,27,29)/t26-/m1/s1. The first kappa shape index (κ1) is 23.8. The fraction of sp³-hybridized carbons (Fsp3) is 0.269. The predicted molar refractivity (Wildman–Crippen MR) is 131 cm³/mol. The normalized spacial score (nSPS) is 15.9. The number of rotatable bonds is 7. The number of hydrogen-bond acceptors (Lipinski definition) is 6. The number of amides is 1. The van der Waals surface area contributed by atoms with Crippen molar-refractivity contribution in [3.63, 3.8) is 0 Å². The number of methoxy groups -OCH3 is 2. The molecule has 3 aromatic rings. The van der Waals surface area contributed by atoms with Crippen molar-refractivity contribution >= 4 is 21.4 Å². The minimum absolute atomic E-state index is 0.101. The topological polar surface area (TPSA) is 84.9 Å². The van der Waals surface area contributed by atoms with E-state index in [1.807, 2.05) is 42.5 Å². The maximum absolute atomic E-state index is 13.1. The van der Waals surface area contributed by atoms with Crippen LogP contribution in [-0.2, 0) is 21.1 Å². The van der Waals surface area contributed by atoms with Gasteiger partial charge in [-0.25, -0.2) is 8.42 Å². The maximum atomic E-state index is 13.1. The first-order valence-corrected chi connectivity index (χ1v) is 12.8. The fourth-order valence-electron chi connectivity index (χ4n) is 4.46. The van der Waals surface area contributed by atoms with Gasteiger partial charge < -0.3 is 14.8 Å². The second kappa shape index (κ2) is 9.87. The third kappa shape index (κ3) is 4.93. The minimum Gasteiger partial charge on any atom is -0.493 e. The molecule has 0 unspecified atom stereocenters. The lowest BCUT2D eigenvalue weighted by molar-refractivity contribution is -0.117. The molecule has 3 aromatic carbocycles. The summed E-state index contributed by atoms with van der Waals surface area (Å²) in [6.45, 7) is 0.759. The summed E-state index contributed by atoms with van der Waals surface area (Å²) in [5.41, 5.74) is 3.54. The summed E-state index contributed by atoms with van der Waals surface area (Å²) < 4.78 is 35.3. The van der Waals surface area contributed by atoms with Gasteiger partial charge in [-0.3, -0.25) is 9.69 Å². The van der Waals surface area contributed by atoms with Crippen molar-refractivity contribution in [1.29, 1.82) is 0 Å². The van der Waals surface area contributed by atoms with Gasteiger partial charge in [0.15, 0.2) is 21.3 Å². The van der Waals surface area contributed by atoms with Crippen LogP contribution in [0.1, 0.15) is 22.7 Å². The Morgan fingerprint density at radius 3 is 2.32 bits per heavy atom.